The molecule has 3 aromatic rings. The van der Waals surface area contributed by atoms with Gasteiger partial charge in [-0.05, 0) is 50.7 Å². The molecule has 2 aromatic heterocycles. The van der Waals surface area contributed by atoms with Gasteiger partial charge in [-0.1, -0.05) is 18.2 Å². The number of hydrogen-bond acceptors (Lipinski definition) is 5. The molecule has 26 heavy (non-hydrogen) atoms. The van der Waals surface area contributed by atoms with Gasteiger partial charge in [0.05, 0.1) is 21.9 Å². The maximum atomic E-state index is 5.59. The zero-order valence-corrected chi connectivity index (χ0v) is 16.6. The van der Waals surface area contributed by atoms with E-state index in [1.54, 1.807) is 0 Å². The zero-order chi connectivity index (χ0) is 18.1. The normalized spacial score (nSPS) is 18.4. The molecule has 0 bridgehead atoms. The standard InChI is InChI=1S/C19H23N5S2/c1-3-10-23-14(2)21-24(19(23)25)13-22-11-6-7-15(12-22)18-20-16-8-4-5-9-17(16)26-18/h3-5,8-9,15H,1,6-7,10-13H2,2H3/t15-/m1/s1. The largest absolute Gasteiger partial charge is 0.300 e. The van der Waals surface area contributed by atoms with Crippen molar-refractivity contribution in [2.45, 2.75) is 38.9 Å². The minimum Gasteiger partial charge on any atom is -0.300 e. The highest BCUT2D eigenvalue weighted by Crippen LogP contribution is 2.33. The molecule has 7 heteroatoms. The summed E-state index contributed by atoms with van der Waals surface area (Å²) < 4.78 is 6.01. The molecule has 0 amide bonds. The van der Waals surface area contributed by atoms with E-state index in [-0.39, 0.29) is 0 Å². The first-order valence-corrected chi connectivity index (χ1v) is 10.2. The highest BCUT2D eigenvalue weighted by atomic mass is 32.1. The summed E-state index contributed by atoms with van der Waals surface area (Å²) in [5.74, 6) is 1.43. The van der Waals surface area contributed by atoms with Gasteiger partial charge < -0.3 is 4.57 Å². The molecular weight excluding hydrogens is 362 g/mol. The SMILES string of the molecule is C=CCn1c(C)nn(CN2CCC[C@@H](c3nc4ccccc4s3)C2)c1=S. The Balaban J connectivity index is 1.51. The maximum Gasteiger partial charge on any atom is 0.199 e. The number of hydrogen-bond donors (Lipinski definition) is 0. The van der Waals surface area contributed by atoms with E-state index in [2.05, 4.69) is 40.8 Å². The van der Waals surface area contributed by atoms with Crippen LogP contribution in [0.3, 0.4) is 0 Å². The van der Waals surface area contributed by atoms with Crippen molar-refractivity contribution >= 4 is 33.8 Å². The van der Waals surface area contributed by atoms with E-state index in [4.69, 9.17) is 17.2 Å². The number of aryl methyl sites for hydroxylation is 1. The van der Waals surface area contributed by atoms with Crippen LogP contribution in [0.25, 0.3) is 10.2 Å². The molecule has 0 unspecified atom stereocenters. The van der Waals surface area contributed by atoms with Gasteiger partial charge in [-0.25, -0.2) is 9.67 Å². The van der Waals surface area contributed by atoms with Gasteiger partial charge in [0, 0.05) is 19.0 Å². The van der Waals surface area contributed by atoms with Crippen LogP contribution in [0.1, 0.15) is 29.6 Å². The fourth-order valence-corrected chi connectivity index (χ4v) is 5.02. The van der Waals surface area contributed by atoms with Crippen LogP contribution in [0.5, 0.6) is 0 Å². The monoisotopic (exact) mass is 385 g/mol. The number of rotatable bonds is 5. The van der Waals surface area contributed by atoms with Crippen molar-refractivity contribution in [3.8, 4) is 0 Å². The molecular formula is C19H23N5S2. The first-order valence-electron chi connectivity index (χ1n) is 8.98. The van der Waals surface area contributed by atoms with Gasteiger partial charge in [0.15, 0.2) is 4.77 Å². The predicted molar refractivity (Wildman–Crippen MR) is 109 cm³/mol. The molecule has 1 aromatic carbocycles. The van der Waals surface area contributed by atoms with E-state index in [1.165, 1.54) is 22.5 Å². The van der Waals surface area contributed by atoms with Crippen molar-refractivity contribution in [1.82, 2.24) is 24.2 Å². The van der Waals surface area contributed by atoms with Crippen LogP contribution in [0.2, 0.25) is 0 Å². The van der Waals surface area contributed by atoms with Gasteiger partial charge in [0.25, 0.3) is 0 Å². The van der Waals surface area contributed by atoms with Crippen LogP contribution < -0.4 is 0 Å². The molecule has 1 fully saturated rings. The second-order valence-electron chi connectivity index (χ2n) is 6.81. The number of likely N-dealkylation sites (tertiary alicyclic amines) is 1. The number of allylic oxidation sites excluding steroid dienone is 1. The van der Waals surface area contributed by atoms with Crippen molar-refractivity contribution < 1.29 is 0 Å². The zero-order valence-electron chi connectivity index (χ0n) is 15.0. The number of benzene rings is 1. The molecule has 1 aliphatic rings. The topological polar surface area (TPSA) is 38.9 Å². The Morgan fingerprint density at radius 2 is 2.23 bits per heavy atom. The van der Waals surface area contributed by atoms with Gasteiger partial charge >= 0.3 is 0 Å². The Labute approximate surface area is 162 Å². The summed E-state index contributed by atoms with van der Waals surface area (Å²) >= 11 is 7.42. The Kier molecular flexibility index (Phi) is 5.02. The van der Waals surface area contributed by atoms with E-state index in [0.29, 0.717) is 12.5 Å². The average molecular weight is 386 g/mol. The van der Waals surface area contributed by atoms with Gasteiger partial charge in [0.1, 0.15) is 5.82 Å². The van der Waals surface area contributed by atoms with E-state index in [0.717, 1.165) is 35.9 Å². The fraction of sp³-hybridized carbons (Fsp3) is 0.421. The third-order valence-corrected chi connectivity index (χ3v) is 6.55. The molecule has 3 heterocycles. The van der Waals surface area contributed by atoms with Gasteiger partial charge in [0.2, 0.25) is 0 Å². The highest BCUT2D eigenvalue weighted by molar-refractivity contribution is 7.71. The summed E-state index contributed by atoms with van der Waals surface area (Å²) in [7, 11) is 0. The first-order chi connectivity index (χ1) is 12.7. The van der Waals surface area contributed by atoms with Gasteiger partial charge in [-0.2, -0.15) is 5.10 Å². The Bertz CT molecular complexity index is 950. The summed E-state index contributed by atoms with van der Waals surface area (Å²) in [4.78, 5) is 7.32. The van der Waals surface area contributed by atoms with Gasteiger partial charge in [-0.3, -0.25) is 4.90 Å². The molecule has 0 N–H and O–H groups in total. The van der Waals surface area contributed by atoms with Crippen molar-refractivity contribution in [2.24, 2.45) is 0 Å². The summed E-state index contributed by atoms with van der Waals surface area (Å²) in [6.45, 7) is 9.34. The Hall–Kier alpha value is -1.83. The smallest absolute Gasteiger partial charge is 0.199 e. The molecule has 4 rings (SSSR count). The third-order valence-electron chi connectivity index (χ3n) is 4.92. The fourth-order valence-electron chi connectivity index (χ4n) is 3.62. The number of thiazole rings is 1. The lowest BCUT2D eigenvalue weighted by atomic mass is 9.99. The van der Waals surface area contributed by atoms with E-state index < -0.39 is 0 Å². The van der Waals surface area contributed by atoms with E-state index >= 15 is 0 Å². The lowest BCUT2D eigenvalue weighted by molar-refractivity contribution is 0.156. The van der Waals surface area contributed by atoms with Crippen LogP contribution in [0.15, 0.2) is 36.9 Å². The molecule has 1 aliphatic heterocycles. The van der Waals surface area contributed by atoms with Crippen molar-refractivity contribution in [3.63, 3.8) is 0 Å². The number of aromatic nitrogens is 4. The molecule has 0 saturated carbocycles. The molecule has 0 aliphatic carbocycles. The van der Waals surface area contributed by atoms with Crippen LogP contribution in [-0.4, -0.2) is 37.3 Å². The summed E-state index contributed by atoms with van der Waals surface area (Å²) in [5, 5.41) is 5.89. The Morgan fingerprint density at radius 1 is 1.38 bits per heavy atom. The van der Waals surface area contributed by atoms with Gasteiger partial charge in [-0.15, -0.1) is 17.9 Å². The Morgan fingerprint density at radius 3 is 3.04 bits per heavy atom. The minimum atomic E-state index is 0.492. The molecule has 1 saturated heterocycles. The minimum absolute atomic E-state index is 0.492. The number of para-hydroxylation sites is 1. The second-order valence-corrected chi connectivity index (χ2v) is 8.23. The predicted octanol–water partition coefficient (Wildman–Crippen LogP) is 4.36. The molecule has 0 radical (unpaired) electrons. The maximum absolute atomic E-state index is 5.59. The summed E-state index contributed by atoms with van der Waals surface area (Å²) in [6, 6.07) is 8.40. The second kappa shape index (κ2) is 7.42. The molecule has 0 spiro atoms. The van der Waals surface area contributed by atoms with Crippen molar-refractivity contribution in [1.29, 1.82) is 0 Å². The van der Waals surface area contributed by atoms with Crippen LogP contribution in [-0.2, 0) is 13.2 Å². The first kappa shape index (κ1) is 17.6. The van der Waals surface area contributed by atoms with Crippen molar-refractivity contribution in [2.75, 3.05) is 13.1 Å². The average Bonchev–Trinajstić information content (AvgIpc) is 3.19. The molecule has 1 atom stereocenters. The number of piperidine rings is 1. The van der Waals surface area contributed by atoms with Crippen LogP contribution in [0.4, 0.5) is 0 Å². The highest BCUT2D eigenvalue weighted by Gasteiger charge is 2.24. The van der Waals surface area contributed by atoms with E-state index in [9.17, 15) is 0 Å². The van der Waals surface area contributed by atoms with Crippen LogP contribution in [0, 0.1) is 11.7 Å². The number of fused-ring (bicyclic) bond motifs is 1. The van der Waals surface area contributed by atoms with Crippen molar-refractivity contribution in [3.05, 3.63) is 52.5 Å². The lowest BCUT2D eigenvalue weighted by Gasteiger charge is -2.31. The summed E-state index contributed by atoms with van der Waals surface area (Å²) in [5.41, 5.74) is 1.12. The van der Waals surface area contributed by atoms with Crippen LogP contribution >= 0.6 is 23.6 Å². The molecule has 5 nitrogen and oxygen atoms in total. The lowest BCUT2D eigenvalue weighted by Crippen LogP contribution is -2.36. The quantitative estimate of drug-likeness (QED) is 0.483. The summed E-state index contributed by atoms with van der Waals surface area (Å²) in [6.07, 6.45) is 4.24. The molecule has 136 valence electrons. The van der Waals surface area contributed by atoms with E-state index in [1.807, 2.05) is 33.6 Å². The number of nitrogens with zero attached hydrogens (tertiary/aromatic N) is 5. The third kappa shape index (κ3) is 3.39.